The lowest BCUT2D eigenvalue weighted by molar-refractivity contribution is -0.156. The molecule has 1 unspecified atom stereocenters. The van der Waals surface area contributed by atoms with Crippen LogP contribution in [-0.2, 0) is 21.3 Å². The first-order chi connectivity index (χ1) is 9.69. The maximum atomic E-state index is 12.0. The van der Waals surface area contributed by atoms with Crippen LogP contribution in [0.1, 0.15) is 18.7 Å². The maximum Gasteiger partial charge on any atom is 0.341 e. The van der Waals surface area contributed by atoms with Crippen molar-refractivity contribution in [3.63, 3.8) is 0 Å². The number of esters is 1. The number of carbonyl (C=O) groups excluding carboxylic acids is 1. The molecular weight excluding hydrogens is 258 g/mol. The van der Waals surface area contributed by atoms with E-state index in [0.717, 1.165) is 10.9 Å². The molecule has 20 heavy (non-hydrogen) atoms. The number of aryl methyl sites for hydroxylation is 1. The number of fused-ring (bicyclic) bond motifs is 1. The lowest BCUT2D eigenvalue weighted by Crippen LogP contribution is -2.20. The van der Waals surface area contributed by atoms with Gasteiger partial charge in [-0.3, -0.25) is 4.68 Å². The normalized spacial score (nSPS) is 12.1. The Morgan fingerprint density at radius 1 is 1.50 bits per heavy atom. The molecule has 0 bridgehead atoms. The predicted octanol–water partition coefficient (Wildman–Crippen LogP) is 1.72. The van der Waals surface area contributed by atoms with Crippen LogP contribution < -0.4 is 0 Å². The summed E-state index contributed by atoms with van der Waals surface area (Å²) in [6.07, 6.45) is -0.985. The lowest BCUT2D eigenvalue weighted by atomic mass is 10.1. The van der Waals surface area contributed by atoms with Crippen LogP contribution in [0.5, 0.6) is 0 Å². The van der Waals surface area contributed by atoms with Crippen molar-refractivity contribution in [1.29, 1.82) is 5.26 Å². The first-order valence-corrected chi connectivity index (χ1v) is 6.25. The van der Waals surface area contributed by atoms with Gasteiger partial charge >= 0.3 is 5.97 Å². The molecular formula is C14H15N3O3. The fourth-order valence-corrected chi connectivity index (χ4v) is 2.03. The Balaban J connectivity index is 2.45. The number of nitriles is 1. The third-order valence-electron chi connectivity index (χ3n) is 2.85. The third kappa shape index (κ3) is 2.63. The molecule has 0 saturated carbocycles. The summed E-state index contributed by atoms with van der Waals surface area (Å²) in [6, 6.07) is 9.37. The fourth-order valence-electron chi connectivity index (χ4n) is 2.03. The van der Waals surface area contributed by atoms with Crippen LogP contribution in [0, 0.1) is 11.3 Å². The molecule has 0 aliphatic heterocycles. The highest BCUT2D eigenvalue weighted by Crippen LogP contribution is 2.26. The summed E-state index contributed by atoms with van der Waals surface area (Å²) in [6.45, 7) is 1.76. The van der Waals surface area contributed by atoms with Crippen molar-refractivity contribution < 1.29 is 14.3 Å². The SMILES string of the molecule is CCOC(=O)C(OCC#N)c1nn(C)c2ccccc12. The molecule has 0 radical (unpaired) electrons. The summed E-state index contributed by atoms with van der Waals surface area (Å²) >= 11 is 0. The van der Waals surface area contributed by atoms with Gasteiger partial charge in [-0.05, 0) is 13.0 Å². The van der Waals surface area contributed by atoms with Gasteiger partial charge in [0.1, 0.15) is 12.3 Å². The van der Waals surface area contributed by atoms with Gasteiger partial charge in [-0.1, -0.05) is 18.2 Å². The molecule has 0 aliphatic carbocycles. The van der Waals surface area contributed by atoms with E-state index in [9.17, 15) is 4.79 Å². The molecule has 1 atom stereocenters. The van der Waals surface area contributed by atoms with Gasteiger partial charge in [-0.25, -0.2) is 4.79 Å². The van der Waals surface area contributed by atoms with Crippen molar-refractivity contribution in [2.45, 2.75) is 13.0 Å². The number of hydrogen-bond donors (Lipinski definition) is 0. The van der Waals surface area contributed by atoms with Crippen molar-refractivity contribution in [2.75, 3.05) is 13.2 Å². The van der Waals surface area contributed by atoms with Crippen LogP contribution in [0.3, 0.4) is 0 Å². The Labute approximate surface area is 116 Å². The molecule has 0 aliphatic rings. The van der Waals surface area contributed by atoms with Crippen LogP contribution in [0.2, 0.25) is 0 Å². The molecule has 0 N–H and O–H groups in total. The number of hydrogen-bond acceptors (Lipinski definition) is 5. The minimum absolute atomic E-state index is 0.200. The van der Waals surface area contributed by atoms with E-state index >= 15 is 0 Å². The topological polar surface area (TPSA) is 77.1 Å². The van der Waals surface area contributed by atoms with Gasteiger partial charge in [0, 0.05) is 12.4 Å². The fraction of sp³-hybridized carbons (Fsp3) is 0.357. The van der Waals surface area contributed by atoms with Crippen molar-refractivity contribution in [1.82, 2.24) is 9.78 Å². The van der Waals surface area contributed by atoms with Gasteiger partial charge in [0.25, 0.3) is 0 Å². The average Bonchev–Trinajstić information content (AvgIpc) is 2.78. The minimum atomic E-state index is -0.985. The molecule has 6 nitrogen and oxygen atoms in total. The zero-order chi connectivity index (χ0) is 14.5. The summed E-state index contributed by atoms with van der Waals surface area (Å²) in [5.74, 6) is -0.536. The van der Waals surface area contributed by atoms with Crippen molar-refractivity contribution in [3.05, 3.63) is 30.0 Å². The number of para-hydroxylation sites is 1. The Kier molecular flexibility index (Phi) is 4.33. The third-order valence-corrected chi connectivity index (χ3v) is 2.85. The Bertz CT molecular complexity index is 657. The van der Waals surface area contributed by atoms with Crippen molar-refractivity contribution in [2.24, 2.45) is 7.05 Å². The number of ether oxygens (including phenoxy) is 2. The number of nitrogens with zero attached hydrogens (tertiary/aromatic N) is 3. The summed E-state index contributed by atoms with van der Waals surface area (Å²) in [5.41, 5.74) is 1.36. The van der Waals surface area contributed by atoms with E-state index in [0.29, 0.717) is 5.69 Å². The number of aromatic nitrogens is 2. The minimum Gasteiger partial charge on any atom is -0.464 e. The van der Waals surface area contributed by atoms with Crippen molar-refractivity contribution in [3.8, 4) is 6.07 Å². The second kappa shape index (κ2) is 6.17. The number of rotatable bonds is 5. The lowest BCUT2D eigenvalue weighted by Gasteiger charge is -2.12. The molecule has 2 aromatic rings. The van der Waals surface area contributed by atoms with Gasteiger partial charge in [-0.2, -0.15) is 10.4 Å². The molecule has 1 aromatic carbocycles. The van der Waals surface area contributed by atoms with E-state index in [-0.39, 0.29) is 13.2 Å². The van der Waals surface area contributed by atoms with Crippen LogP contribution in [0.15, 0.2) is 24.3 Å². The largest absolute Gasteiger partial charge is 0.464 e. The zero-order valence-electron chi connectivity index (χ0n) is 11.4. The highest BCUT2D eigenvalue weighted by atomic mass is 16.6. The maximum absolute atomic E-state index is 12.0. The quantitative estimate of drug-likeness (QED) is 0.775. The molecule has 2 rings (SSSR count). The van der Waals surface area contributed by atoms with Gasteiger partial charge in [-0.15, -0.1) is 0 Å². The molecule has 1 aromatic heterocycles. The Hall–Kier alpha value is -2.39. The van der Waals surface area contributed by atoms with E-state index in [4.69, 9.17) is 14.7 Å². The Morgan fingerprint density at radius 2 is 2.25 bits per heavy atom. The molecule has 0 saturated heterocycles. The predicted molar refractivity (Wildman–Crippen MR) is 71.7 cm³/mol. The standard InChI is InChI=1S/C14H15N3O3/c1-3-19-14(18)13(20-9-8-15)12-10-6-4-5-7-11(10)17(2)16-12/h4-7,13H,3,9H2,1-2H3. The van der Waals surface area contributed by atoms with Crippen LogP contribution in [-0.4, -0.2) is 29.0 Å². The molecule has 0 spiro atoms. The van der Waals surface area contributed by atoms with Gasteiger partial charge < -0.3 is 9.47 Å². The number of benzene rings is 1. The zero-order valence-corrected chi connectivity index (χ0v) is 11.4. The second-order valence-electron chi connectivity index (χ2n) is 4.13. The summed E-state index contributed by atoms with van der Waals surface area (Å²) < 4.78 is 12.0. The second-order valence-corrected chi connectivity index (χ2v) is 4.13. The molecule has 0 fully saturated rings. The Morgan fingerprint density at radius 3 is 2.95 bits per heavy atom. The van der Waals surface area contributed by atoms with E-state index in [1.54, 1.807) is 18.7 Å². The van der Waals surface area contributed by atoms with Crippen LogP contribution in [0.4, 0.5) is 0 Å². The molecule has 0 amide bonds. The van der Waals surface area contributed by atoms with E-state index < -0.39 is 12.1 Å². The van der Waals surface area contributed by atoms with E-state index in [2.05, 4.69) is 5.10 Å². The van der Waals surface area contributed by atoms with E-state index in [1.165, 1.54) is 0 Å². The highest BCUT2D eigenvalue weighted by Gasteiger charge is 2.28. The molecule has 1 heterocycles. The first-order valence-electron chi connectivity index (χ1n) is 6.25. The van der Waals surface area contributed by atoms with Crippen LogP contribution in [0.25, 0.3) is 10.9 Å². The van der Waals surface area contributed by atoms with Gasteiger partial charge in [0.15, 0.2) is 6.10 Å². The van der Waals surface area contributed by atoms with E-state index in [1.807, 2.05) is 30.3 Å². The molecule has 6 heteroatoms. The highest BCUT2D eigenvalue weighted by molar-refractivity contribution is 5.87. The summed E-state index contributed by atoms with van der Waals surface area (Å²) in [7, 11) is 1.79. The summed E-state index contributed by atoms with van der Waals surface area (Å²) in [5, 5.41) is 13.8. The monoisotopic (exact) mass is 273 g/mol. The number of carbonyl (C=O) groups is 1. The van der Waals surface area contributed by atoms with Crippen LogP contribution >= 0.6 is 0 Å². The average molecular weight is 273 g/mol. The first kappa shape index (κ1) is 14.0. The molecule has 104 valence electrons. The van der Waals surface area contributed by atoms with Crippen molar-refractivity contribution >= 4 is 16.9 Å². The summed E-state index contributed by atoms with van der Waals surface area (Å²) in [4.78, 5) is 12.0. The van der Waals surface area contributed by atoms with Gasteiger partial charge in [0.2, 0.25) is 0 Å². The van der Waals surface area contributed by atoms with Gasteiger partial charge in [0.05, 0.1) is 18.2 Å². The smallest absolute Gasteiger partial charge is 0.341 e.